The first-order chi connectivity index (χ1) is 9.70. The molecule has 0 aromatic heterocycles. The van der Waals surface area contributed by atoms with E-state index in [2.05, 4.69) is 11.0 Å². The Labute approximate surface area is 116 Å². The second kappa shape index (κ2) is 4.34. The van der Waals surface area contributed by atoms with Gasteiger partial charge in [0.2, 0.25) is 0 Å². The molecule has 3 rings (SSSR count). The van der Waals surface area contributed by atoms with Crippen LogP contribution in [0.4, 0.5) is 16.2 Å². The lowest BCUT2D eigenvalue weighted by molar-refractivity contribution is -0.260. The van der Waals surface area contributed by atoms with Gasteiger partial charge in [0.1, 0.15) is 0 Å². The maximum atomic E-state index is 11.8. The van der Waals surface area contributed by atoms with E-state index in [0.29, 0.717) is 22.6 Å². The third-order valence-electron chi connectivity index (χ3n) is 3.29. The highest BCUT2D eigenvalue weighted by Gasteiger charge is 2.45. The van der Waals surface area contributed by atoms with Crippen LogP contribution in [0, 0.1) is 12.3 Å². The Kier molecular flexibility index (Phi) is 2.63. The zero-order valence-electron chi connectivity index (χ0n) is 10.5. The maximum Gasteiger partial charge on any atom is 0.296 e. The van der Waals surface area contributed by atoms with Crippen LogP contribution in [0.1, 0.15) is 5.56 Å². The summed E-state index contributed by atoms with van der Waals surface area (Å²) in [6.45, 7) is 0. The van der Waals surface area contributed by atoms with Gasteiger partial charge in [0, 0.05) is 18.2 Å². The van der Waals surface area contributed by atoms with Crippen molar-refractivity contribution in [3.63, 3.8) is 0 Å². The highest BCUT2D eigenvalue weighted by atomic mass is 16.4. The van der Waals surface area contributed by atoms with Gasteiger partial charge >= 0.3 is 0 Å². The van der Waals surface area contributed by atoms with Crippen molar-refractivity contribution in [3.8, 4) is 12.3 Å². The van der Waals surface area contributed by atoms with Gasteiger partial charge in [0.25, 0.3) is 6.09 Å². The SMILES string of the molecule is C#CC1=N[N@@+](C(=O)[O-])(c2ccccc2)c2ccccc21. The van der Waals surface area contributed by atoms with Crippen molar-refractivity contribution >= 4 is 23.2 Å². The summed E-state index contributed by atoms with van der Waals surface area (Å²) in [5.74, 6) is 2.44. The van der Waals surface area contributed by atoms with E-state index >= 15 is 0 Å². The van der Waals surface area contributed by atoms with E-state index in [1.54, 1.807) is 48.5 Å². The molecule has 4 heteroatoms. The van der Waals surface area contributed by atoms with Crippen molar-refractivity contribution in [3.05, 3.63) is 60.2 Å². The van der Waals surface area contributed by atoms with Crippen molar-refractivity contribution < 1.29 is 9.90 Å². The number of terminal acetylenes is 1. The predicted octanol–water partition coefficient (Wildman–Crippen LogP) is 2.02. The molecule has 0 unspecified atom stereocenters. The van der Waals surface area contributed by atoms with Gasteiger partial charge in [-0.2, -0.15) is 0 Å². The Hall–Kier alpha value is -2.90. The fourth-order valence-corrected chi connectivity index (χ4v) is 2.41. The average molecular weight is 262 g/mol. The van der Waals surface area contributed by atoms with Gasteiger partial charge in [-0.1, -0.05) is 40.0 Å². The quantitative estimate of drug-likeness (QED) is 0.583. The zero-order chi connectivity index (χ0) is 14.2. The van der Waals surface area contributed by atoms with Crippen LogP contribution in [0.3, 0.4) is 0 Å². The molecule has 1 aliphatic heterocycles. The number of carbonyl (C=O) groups is 1. The number of hydrogen-bond acceptors (Lipinski definition) is 3. The number of nitrogens with zero attached hydrogens (tertiary/aromatic N) is 2. The van der Waals surface area contributed by atoms with Crippen LogP contribution in [0.5, 0.6) is 0 Å². The third kappa shape index (κ3) is 1.48. The van der Waals surface area contributed by atoms with Crippen LogP contribution >= 0.6 is 0 Å². The molecule has 96 valence electrons. The normalized spacial score (nSPS) is 19.9. The second-order valence-corrected chi connectivity index (χ2v) is 4.35. The molecular weight excluding hydrogens is 252 g/mol. The van der Waals surface area contributed by atoms with Crippen LogP contribution in [-0.4, -0.2) is 11.8 Å². The summed E-state index contributed by atoms with van der Waals surface area (Å²) in [6, 6.07) is 15.7. The minimum atomic E-state index is -1.34. The second-order valence-electron chi connectivity index (χ2n) is 4.35. The van der Waals surface area contributed by atoms with Gasteiger partial charge in [0.15, 0.2) is 17.1 Å². The molecule has 0 fully saturated rings. The molecular formula is C16H10N2O2. The Morgan fingerprint density at radius 2 is 1.75 bits per heavy atom. The minimum absolute atomic E-state index is 0.314. The topological polar surface area (TPSA) is 52.5 Å². The lowest BCUT2D eigenvalue weighted by atomic mass is 10.1. The zero-order valence-corrected chi connectivity index (χ0v) is 10.5. The summed E-state index contributed by atoms with van der Waals surface area (Å²) < 4.78 is -0.753. The smallest absolute Gasteiger partial charge is 0.296 e. The Balaban J connectivity index is 2.37. The number of amides is 1. The van der Waals surface area contributed by atoms with Gasteiger partial charge in [-0.15, -0.1) is 6.42 Å². The summed E-state index contributed by atoms with van der Waals surface area (Å²) >= 11 is 0. The number of hydrogen-bond donors (Lipinski definition) is 0. The number of rotatable bonds is 1. The van der Waals surface area contributed by atoms with E-state index < -0.39 is 10.7 Å². The monoisotopic (exact) mass is 262 g/mol. The molecule has 4 nitrogen and oxygen atoms in total. The maximum absolute atomic E-state index is 11.8. The molecule has 2 aromatic carbocycles. The third-order valence-corrected chi connectivity index (χ3v) is 3.29. The van der Waals surface area contributed by atoms with Crippen molar-refractivity contribution in [2.75, 3.05) is 0 Å². The van der Waals surface area contributed by atoms with Crippen LogP contribution in [0.15, 0.2) is 59.7 Å². The van der Waals surface area contributed by atoms with Gasteiger partial charge in [0.05, 0.1) is 5.56 Å². The van der Waals surface area contributed by atoms with E-state index in [0.717, 1.165) is 0 Å². The average Bonchev–Trinajstić information content (AvgIpc) is 2.84. The molecule has 0 N–H and O–H groups in total. The molecule has 1 atom stereocenters. The van der Waals surface area contributed by atoms with Crippen molar-refractivity contribution in [1.82, 2.24) is 4.59 Å². The van der Waals surface area contributed by atoms with Gasteiger partial charge in [-0.25, -0.2) is 0 Å². The van der Waals surface area contributed by atoms with Crippen molar-refractivity contribution in [1.29, 1.82) is 0 Å². The van der Waals surface area contributed by atoms with Gasteiger partial charge < -0.3 is 9.90 Å². The molecule has 0 bridgehead atoms. The number of fused-ring (bicyclic) bond motifs is 1. The number of benzene rings is 2. The van der Waals surface area contributed by atoms with Crippen LogP contribution in [0.25, 0.3) is 0 Å². The first kappa shape index (κ1) is 12.2. The van der Waals surface area contributed by atoms with Crippen LogP contribution < -0.4 is 9.70 Å². The molecule has 0 aliphatic carbocycles. The summed E-state index contributed by atoms with van der Waals surface area (Å²) in [7, 11) is 0. The standard InChI is InChI=1S/C16H10N2O2/c1-2-14-13-10-6-7-11-15(13)18(17-14,16(19)20)12-8-4-3-5-9-12/h1,3-11H/t18-/m0/s1. The summed E-state index contributed by atoms with van der Waals surface area (Å²) in [5.41, 5.74) is 1.92. The molecule has 0 saturated carbocycles. The molecule has 1 heterocycles. The lowest BCUT2D eigenvalue weighted by Gasteiger charge is -2.27. The summed E-state index contributed by atoms with van der Waals surface area (Å²) in [4.78, 5) is 11.8. The van der Waals surface area contributed by atoms with E-state index in [1.807, 2.05) is 6.07 Å². The molecule has 2 aromatic rings. The van der Waals surface area contributed by atoms with E-state index in [9.17, 15) is 9.90 Å². The minimum Gasteiger partial charge on any atom is -0.496 e. The number of carboxylic acid groups (broad SMARTS) is 1. The molecule has 1 aliphatic rings. The van der Waals surface area contributed by atoms with E-state index in [4.69, 9.17) is 6.42 Å². The number of carbonyl (C=O) groups excluding carboxylic acids is 1. The highest BCUT2D eigenvalue weighted by molar-refractivity contribution is 6.20. The fourth-order valence-electron chi connectivity index (χ4n) is 2.41. The first-order valence-electron chi connectivity index (χ1n) is 6.03. The summed E-state index contributed by atoms with van der Waals surface area (Å²) in [5, 5.41) is 16.1. The Morgan fingerprint density at radius 1 is 1.10 bits per heavy atom. The van der Waals surface area contributed by atoms with Crippen LogP contribution in [-0.2, 0) is 0 Å². The Morgan fingerprint density at radius 3 is 2.40 bits per heavy atom. The molecule has 20 heavy (non-hydrogen) atoms. The summed E-state index contributed by atoms with van der Waals surface area (Å²) in [6.07, 6.45) is 4.10. The molecule has 0 saturated heterocycles. The lowest BCUT2D eigenvalue weighted by Crippen LogP contribution is -2.51. The number of quaternary nitrogens is 1. The molecule has 0 spiro atoms. The molecule has 1 amide bonds. The first-order valence-corrected chi connectivity index (χ1v) is 6.03. The predicted molar refractivity (Wildman–Crippen MR) is 75.1 cm³/mol. The van der Waals surface area contributed by atoms with Crippen LogP contribution in [0.2, 0.25) is 0 Å². The van der Waals surface area contributed by atoms with Crippen molar-refractivity contribution in [2.24, 2.45) is 5.10 Å². The van der Waals surface area contributed by atoms with Gasteiger partial charge in [-0.3, -0.25) is 0 Å². The van der Waals surface area contributed by atoms with E-state index in [1.165, 1.54) is 0 Å². The highest BCUT2D eigenvalue weighted by Crippen LogP contribution is 2.42. The van der Waals surface area contributed by atoms with Crippen molar-refractivity contribution in [2.45, 2.75) is 0 Å². The Bertz CT molecular complexity index is 760. The molecule has 0 radical (unpaired) electrons. The largest absolute Gasteiger partial charge is 0.496 e. The fraction of sp³-hybridized carbons (Fsp3) is 0. The van der Waals surface area contributed by atoms with E-state index in [-0.39, 0.29) is 0 Å². The number of para-hydroxylation sites is 2. The van der Waals surface area contributed by atoms with Gasteiger partial charge in [-0.05, 0) is 12.0 Å².